The highest BCUT2D eigenvalue weighted by atomic mass is 32.2. The lowest BCUT2D eigenvalue weighted by Gasteiger charge is -2.45. The molecule has 9 heteroatoms. The van der Waals surface area contributed by atoms with Crippen molar-refractivity contribution in [1.29, 1.82) is 0 Å². The minimum absolute atomic E-state index is 0.182. The van der Waals surface area contributed by atoms with Gasteiger partial charge in [-0.3, -0.25) is 9.98 Å². The predicted molar refractivity (Wildman–Crippen MR) is 111 cm³/mol. The van der Waals surface area contributed by atoms with Crippen LogP contribution < -0.4 is 10.0 Å². The van der Waals surface area contributed by atoms with Crippen LogP contribution in [0, 0.1) is 0 Å². The third-order valence-electron chi connectivity index (χ3n) is 5.17. The first-order valence-corrected chi connectivity index (χ1v) is 12.0. The third kappa shape index (κ3) is 5.36. The Morgan fingerprint density at radius 1 is 1.33 bits per heavy atom. The fourth-order valence-electron chi connectivity index (χ4n) is 3.81. The molecule has 1 aromatic rings. The van der Waals surface area contributed by atoms with Crippen LogP contribution in [-0.2, 0) is 10.0 Å². The fourth-order valence-corrected chi connectivity index (χ4v) is 6.37. The maximum Gasteiger partial charge on any atom is 0.242 e. The second kappa shape index (κ2) is 9.25. The number of guanidine groups is 1. The molecule has 1 aromatic heterocycles. The Balaban J connectivity index is 1.49. The summed E-state index contributed by atoms with van der Waals surface area (Å²) in [6.45, 7) is 2.79. The van der Waals surface area contributed by atoms with Crippen LogP contribution in [0.1, 0.15) is 32.1 Å². The molecule has 2 fully saturated rings. The predicted octanol–water partition coefficient (Wildman–Crippen LogP) is 1.69. The average molecular weight is 412 g/mol. The normalized spacial score (nSPS) is 20.6. The average Bonchev–Trinajstić information content (AvgIpc) is 2.69. The van der Waals surface area contributed by atoms with E-state index < -0.39 is 10.0 Å². The third-order valence-corrected chi connectivity index (χ3v) is 8.15. The zero-order chi connectivity index (χ0) is 19.2. The summed E-state index contributed by atoms with van der Waals surface area (Å²) in [5.74, 6) is 1.98. The summed E-state index contributed by atoms with van der Waals surface area (Å²) in [6, 6.07) is 3.15. The Labute approximate surface area is 166 Å². The second-order valence-electron chi connectivity index (χ2n) is 7.07. The molecule has 1 saturated carbocycles. The van der Waals surface area contributed by atoms with Crippen molar-refractivity contribution in [3.8, 4) is 0 Å². The lowest BCUT2D eigenvalue weighted by molar-refractivity contribution is 0.293. The minimum atomic E-state index is -3.52. The molecule has 0 amide bonds. The van der Waals surface area contributed by atoms with Gasteiger partial charge in [-0.25, -0.2) is 13.1 Å². The van der Waals surface area contributed by atoms with Gasteiger partial charge >= 0.3 is 0 Å². The number of nitrogens with zero attached hydrogens (tertiary/aromatic N) is 3. The van der Waals surface area contributed by atoms with Crippen molar-refractivity contribution >= 4 is 27.7 Å². The number of nitrogens with one attached hydrogen (secondary N) is 2. The zero-order valence-corrected chi connectivity index (χ0v) is 17.5. The number of hydrogen-bond acceptors (Lipinski definition) is 5. The van der Waals surface area contributed by atoms with Crippen LogP contribution >= 0.6 is 11.8 Å². The first-order chi connectivity index (χ1) is 13.0. The van der Waals surface area contributed by atoms with Gasteiger partial charge in [-0.15, -0.1) is 0 Å². The van der Waals surface area contributed by atoms with Crippen LogP contribution in [-0.4, -0.2) is 68.0 Å². The molecule has 1 spiro atoms. The second-order valence-corrected chi connectivity index (χ2v) is 10.4. The van der Waals surface area contributed by atoms with Crippen LogP contribution in [0.2, 0.25) is 0 Å². The Morgan fingerprint density at radius 3 is 2.85 bits per heavy atom. The van der Waals surface area contributed by atoms with Crippen molar-refractivity contribution in [2.75, 3.05) is 39.0 Å². The SMILES string of the molecule is CN=C(NCCNS(=O)(=O)c1cccnc1)N1CCSC2(CCCCC2)C1. The number of hydrogen-bond donors (Lipinski definition) is 2. The van der Waals surface area contributed by atoms with Crippen LogP contribution in [0.4, 0.5) is 0 Å². The summed E-state index contributed by atoms with van der Waals surface area (Å²) < 4.78 is 27.4. The van der Waals surface area contributed by atoms with Crippen molar-refractivity contribution in [3.05, 3.63) is 24.5 Å². The first-order valence-electron chi connectivity index (χ1n) is 9.54. The molecule has 3 rings (SSSR count). The van der Waals surface area contributed by atoms with Gasteiger partial charge in [-0.05, 0) is 25.0 Å². The van der Waals surface area contributed by atoms with Gasteiger partial charge in [-0.1, -0.05) is 19.3 Å². The van der Waals surface area contributed by atoms with Crippen LogP contribution in [0.5, 0.6) is 0 Å². The van der Waals surface area contributed by atoms with E-state index in [9.17, 15) is 8.42 Å². The van der Waals surface area contributed by atoms with Gasteiger partial charge in [0.05, 0.1) is 0 Å². The molecule has 0 unspecified atom stereocenters. The Morgan fingerprint density at radius 2 is 2.15 bits per heavy atom. The number of sulfonamides is 1. The number of thioether (sulfide) groups is 1. The van der Waals surface area contributed by atoms with Gasteiger partial charge in [0.25, 0.3) is 0 Å². The Bertz CT molecular complexity index is 728. The quantitative estimate of drug-likeness (QED) is 0.436. The molecule has 0 bridgehead atoms. The molecule has 150 valence electrons. The molecule has 2 N–H and O–H groups in total. The Hall–Kier alpha value is -1.32. The van der Waals surface area contributed by atoms with E-state index in [0.717, 1.165) is 24.8 Å². The molecule has 7 nitrogen and oxygen atoms in total. The van der Waals surface area contributed by atoms with Crippen LogP contribution in [0.25, 0.3) is 0 Å². The highest BCUT2D eigenvalue weighted by Gasteiger charge is 2.38. The van der Waals surface area contributed by atoms with Gasteiger partial charge in [0.15, 0.2) is 5.96 Å². The van der Waals surface area contributed by atoms with Crippen molar-refractivity contribution in [2.45, 2.75) is 41.7 Å². The molecule has 0 radical (unpaired) electrons. The maximum atomic E-state index is 12.2. The van der Waals surface area contributed by atoms with Gasteiger partial charge in [-0.2, -0.15) is 11.8 Å². The van der Waals surface area contributed by atoms with E-state index in [1.807, 2.05) is 0 Å². The number of rotatable bonds is 5. The molecule has 27 heavy (non-hydrogen) atoms. The van der Waals surface area contributed by atoms with Crippen molar-refractivity contribution in [3.63, 3.8) is 0 Å². The molecule has 1 saturated heterocycles. The number of aromatic nitrogens is 1. The molecule has 1 aliphatic carbocycles. The minimum Gasteiger partial charge on any atom is -0.355 e. The van der Waals surface area contributed by atoms with E-state index in [2.05, 4.69) is 36.7 Å². The van der Waals surface area contributed by atoms with E-state index in [1.165, 1.54) is 44.4 Å². The summed E-state index contributed by atoms with van der Waals surface area (Å²) in [7, 11) is -1.73. The van der Waals surface area contributed by atoms with Crippen molar-refractivity contribution in [1.82, 2.24) is 19.9 Å². The molecule has 2 aliphatic rings. The molecular weight excluding hydrogens is 382 g/mol. The fraction of sp³-hybridized carbons (Fsp3) is 0.667. The van der Waals surface area contributed by atoms with Gasteiger partial charge in [0, 0.05) is 56.1 Å². The topological polar surface area (TPSA) is 86.7 Å². The largest absolute Gasteiger partial charge is 0.355 e. The standard InChI is InChI=1S/C18H29N5O2S2/c1-19-17(23-12-13-26-18(15-23)7-3-2-4-8-18)21-10-11-22-27(24,25)16-6-5-9-20-14-16/h5-6,9,14,22H,2-4,7-8,10-13,15H2,1H3,(H,19,21). The molecule has 0 aromatic carbocycles. The van der Waals surface area contributed by atoms with E-state index in [1.54, 1.807) is 19.3 Å². The highest BCUT2D eigenvalue weighted by Crippen LogP contribution is 2.42. The summed E-state index contributed by atoms with van der Waals surface area (Å²) in [5.41, 5.74) is 0. The summed E-state index contributed by atoms with van der Waals surface area (Å²) in [4.78, 5) is 10.8. The summed E-state index contributed by atoms with van der Waals surface area (Å²) in [6.07, 6.45) is 9.48. The summed E-state index contributed by atoms with van der Waals surface area (Å²) in [5, 5.41) is 3.31. The lowest BCUT2D eigenvalue weighted by Crippen LogP contribution is -2.54. The Kier molecular flexibility index (Phi) is 6.99. The van der Waals surface area contributed by atoms with Gasteiger partial charge in [0.2, 0.25) is 10.0 Å². The first kappa shape index (κ1) is 20.4. The monoisotopic (exact) mass is 411 g/mol. The molecule has 0 atom stereocenters. The van der Waals surface area contributed by atoms with E-state index in [-0.39, 0.29) is 4.90 Å². The molecular formula is C18H29N5O2S2. The van der Waals surface area contributed by atoms with Gasteiger partial charge in [0.1, 0.15) is 4.90 Å². The van der Waals surface area contributed by atoms with Crippen LogP contribution in [0.3, 0.4) is 0 Å². The smallest absolute Gasteiger partial charge is 0.242 e. The van der Waals surface area contributed by atoms with E-state index >= 15 is 0 Å². The summed E-state index contributed by atoms with van der Waals surface area (Å²) >= 11 is 2.13. The van der Waals surface area contributed by atoms with E-state index in [4.69, 9.17) is 0 Å². The zero-order valence-electron chi connectivity index (χ0n) is 15.9. The van der Waals surface area contributed by atoms with Crippen LogP contribution in [0.15, 0.2) is 34.4 Å². The number of aliphatic imine (C=N–C) groups is 1. The van der Waals surface area contributed by atoms with Gasteiger partial charge < -0.3 is 10.2 Å². The van der Waals surface area contributed by atoms with Crippen molar-refractivity contribution in [2.24, 2.45) is 4.99 Å². The van der Waals surface area contributed by atoms with E-state index in [0.29, 0.717) is 17.8 Å². The van der Waals surface area contributed by atoms with Crippen molar-refractivity contribution < 1.29 is 8.42 Å². The molecule has 2 heterocycles. The lowest BCUT2D eigenvalue weighted by atomic mass is 9.87. The highest BCUT2D eigenvalue weighted by molar-refractivity contribution is 8.00. The maximum absolute atomic E-state index is 12.2. The number of pyridine rings is 1. The molecule has 1 aliphatic heterocycles.